The van der Waals surface area contributed by atoms with Crippen LogP contribution in [0.25, 0.3) is 0 Å². The predicted octanol–water partition coefficient (Wildman–Crippen LogP) is 2.73. The number of rotatable bonds is 7. The second-order valence-electron chi connectivity index (χ2n) is 7.14. The Balaban J connectivity index is 1.44. The number of carbonyl (C=O) groups excluding carboxylic acids is 3. The first kappa shape index (κ1) is 20.7. The minimum Gasteiger partial charge on any atom is -0.352 e. The van der Waals surface area contributed by atoms with Crippen molar-refractivity contribution in [3.8, 4) is 0 Å². The summed E-state index contributed by atoms with van der Waals surface area (Å²) in [5.41, 5.74) is 1.76. The van der Waals surface area contributed by atoms with Crippen molar-refractivity contribution in [3.63, 3.8) is 0 Å². The van der Waals surface area contributed by atoms with Gasteiger partial charge in [-0.25, -0.2) is 0 Å². The van der Waals surface area contributed by atoms with E-state index in [0.29, 0.717) is 35.4 Å². The average molecular weight is 436 g/mol. The highest BCUT2D eigenvalue weighted by Crippen LogP contribution is 2.25. The monoisotopic (exact) mass is 435 g/mol. The van der Waals surface area contributed by atoms with Crippen LogP contribution in [0.5, 0.6) is 0 Å². The Hall–Kier alpha value is -3.59. The zero-order chi connectivity index (χ0) is 22.0. The second-order valence-corrected chi connectivity index (χ2v) is 7.52. The number of benzene rings is 2. The van der Waals surface area contributed by atoms with Gasteiger partial charge in [-0.05, 0) is 42.9 Å². The summed E-state index contributed by atoms with van der Waals surface area (Å²) in [6, 6.07) is 13.9. The van der Waals surface area contributed by atoms with E-state index >= 15 is 0 Å². The molecule has 0 atom stereocenters. The Labute approximate surface area is 183 Å². The normalized spacial score (nSPS) is 12.9. The van der Waals surface area contributed by atoms with Gasteiger partial charge in [0.25, 0.3) is 17.7 Å². The fraction of sp³-hybridized carbons (Fsp3) is 0.227. The third-order valence-electron chi connectivity index (χ3n) is 5.20. The lowest BCUT2D eigenvalue weighted by Gasteiger charge is -2.13. The Morgan fingerprint density at radius 3 is 2.58 bits per heavy atom. The van der Waals surface area contributed by atoms with E-state index in [4.69, 9.17) is 12.2 Å². The number of nitrogens with one attached hydrogen (secondary N) is 2. The smallest absolute Gasteiger partial charge is 0.261 e. The lowest BCUT2D eigenvalue weighted by atomic mass is 10.1. The van der Waals surface area contributed by atoms with Crippen LogP contribution >= 0.6 is 12.2 Å². The van der Waals surface area contributed by atoms with Crippen molar-refractivity contribution in [2.75, 3.05) is 6.54 Å². The van der Waals surface area contributed by atoms with E-state index < -0.39 is 5.91 Å². The van der Waals surface area contributed by atoms with Gasteiger partial charge >= 0.3 is 0 Å². The molecule has 1 aliphatic rings. The number of aromatic nitrogens is 3. The largest absolute Gasteiger partial charge is 0.352 e. The molecule has 0 fully saturated rings. The van der Waals surface area contributed by atoms with Crippen molar-refractivity contribution in [1.29, 1.82) is 0 Å². The van der Waals surface area contributed by atoms with Gasteiger partial charge in [0.05, 0.1) is 17.7 Å². The number of nitrogens with zero attached hydrogens (tertiary/aromatic N) is 3. The molecule has 9 heteroatoms. The molecule has 2 N–H and O–H groups in total. The number of fused-ring (bicyclic) bond motifs is 1. The minimum absolute atomic E-state index is 0.195. The maximum Gasteiger partial charge on any atom is 0.261 e. The summed E-state index contributed by atoms with van der Waals surface area (Å²) in [4.78, 5) is 39.3. The fourth-order valence-electron chi connectivity index (χ4n) is 3.60. The lowest BCUT2D eigenvalue weighted by molar-refractivity contribution is 0.0642. The molecule has 3 aromatic rings. The Morgan fingerprint density at radius 1 is 1.10 bits per heavy atom. The van der Waals surface area contributed by atoms with Gasteiger partial charge in [0.1, 0.15) is 5.82 Å². The second kappa shape index (κ2) is 8.65. The van der Waals surface area contributed by atoms with Gasteiger partial charge in [-0.1, -0.05) is 30.3 Å². The van der Waals surface area contributed by atoms with Crippen molar-refractivity contribution in [2.45, 2.75) is 26.4 Å². The van der Waals surface area contributed by atoms with Crippen molar-refractivity contribution < 1.29 is 14.4 Å². The molecule has 0 aliphatic carbocycles. The lowest BCUT2D eigenvalue weighted by Crippen LogP contribution is -2.29. The average Bonchev–Trinajstić information content (AvgIpc) is 3.26. The molecular formula is C22H21N5O3S. The Kier molecular flexibility index (Phi) is 5.77. The standard InChI is InChI=1S/C22H21N5O3S/c1-2-26-18(24-25-22(26)31)10-11-23-19(28)15-8-9-16-17(12-15)21(30)27(20(16)29)13-14-6-4-3-5-7-14/h3-9,12H,2,10-11,13H2,1H3,(H,23,28)(H,25,31). The van der Waals surface area contributed by atoms with Gasteiger partial charge in [-0.15, -0.1) is 0 Å². The Bertz CT molecular complexity index is 1220. The molecule has 158 valence electrons. The molecule has 0 bridgehead atoms. The van der Waals surface area contributed by atoms with Crippen LogP contribution in [-0.4, -0.2) is 43.9 Å². The first-order chi connectivity index (χ1) is 15.0. The zero-order valence-electron chi connectivity index (χ0n) is 16.9. The highest BCUT2D eigenvalue weighted by molar-refractivity contribution is 7.71. The molecule has 2 heterocycles. The Morgan fingerprint density at radius 2 is 1.84 bits per heavy atom. The first-order valence-corrected chi connectivity index (χ1v) is 10.4. The molecular weight excluding hydrogens is 414 g/mol. The molecule has 3 amide bonds. The molecule has 8 nitrogen and oxygen atoms in total. The van der Waals surface area contributed by atoms with Crippen LogP contribution < -0.4 is 5.32 Å². The summed E-state index contributed by atoms with van der Waals surface area (Å²) < 4.78 is 2.41. The predicted molar refractivity (Wildman–Crippen MR) is 116 cm³/mol. The molecule has 0 radical (unpaired) electrons. The van der Waals surface area contributed by atoms with Gasteiger partial charge in [0.2, 0.25) is 0 Å². The van der Waals surface area contributed by atoms with E-state index in [1.54, 1.807) is 6.07 Å². The van der Waals surface area contributed by atoms with E-state index in [0.717, 1.165) is 11.4 Å². The maximum absolute atomic E-state index is 12.8. The first-order valence-electron chi connectivity index (χ1n) is 9.96. The molecule has 0 unspecified atom stereocenters. The van der Waals surface area contributed by atoms with Crippen LogP contribution in [0.15, 0.2) is 48.5 Å². The number of imide groups is 1. The van der Waals surface area contributed by atoms with E-state index in [9.17, 15) is 14.4 Å². The van der Waals surface area contributed by atoms with Crippen LogP contribution in [0.3, 0.4) is 0 Å². The van der Waals surface area contributed by atoms with E-state index in [-0.39, 0.29) is 23.9 Å². The quantitative estimate of drug-likeness (QED) is 0.439. The summed E-state index contributed by atoms with van der Waals surface area (Å²) in [6.07, 6.45) is 0.514. The topological polar surface area (TPSA) is 100 Å². The maximum atomic E-state index is 12.8. The molecule has 0 spiro atoms. The third-order valence-corrected chi connectivity index (χ3v) is 5.52. The zero-order valence-corrected chi connectivity index (χ0v) is 17.7. The van der Waals surface area contributed by atoms with E-state index in [1.807, 2.05) is 41.8 Å². The van der Waals surface area contributed by atoms with Crippen LogP contribution in [-0.2, 0) is 19.5 Å². The van der Waals surface area contributed by atoms with E-state index in [1.165, 1.54) is 17.0 Å². The number of amides is 3. The highest BCUT2D eigenvalue weighted by atomic mass is 32.1. The van der Waals surface area contributed by atoms with Crippen molar-refractivity contribution >= 4 is 29.9 Å². The molecule has 1 aliphatic heterocycles. The van der Waals surface area contributed by atoms with Crippen molar-refractivity contribution in [3.05, 3.63) is 81.4 Å². The summed E-state index contributed by atoms with van der Waals surface area (Å²) in [7, 11) is 0. The van der Waals surface area contributed by atoms with Crippen LogP contribution in [0, 0.1) is 4.77 Å². The van der Waals surface area contributed by atoms with E-state index in [2.05, 4.69) is 15.5 Å². The molecule has 0 saturated carbocycles. The number of hydrogen-bond acceptors (Lipinski definition) is 5. The molecule has 2 aromatic carbocycles. The van der Waals surface area contributed by atoms with Gasteiger partial charge in [-0.3, -0.25) is 24.4 Å². The summed E-state index contributed by atoms with van der Waals surface area (Å²) >= 11 is 5.16. The number of aromatic amines is 1. The molecule has 0 saturated heterocycles. The summed E-state index contributed by atoms with van der Waals surface area (Å²) in [5.74, 6) is -0.295. The van der Waals surface area contributed by atoms with Crippen molar-refractivity contribution in [1.82, 2.24) is 25.0 Å². The van der Waals surface area contributed by atoms with Crippen LogP contribution in [0.4, 0.5) is 0 Å². The summed E-state index contributed by atoms with van der Waals surface area (Å²) in [6.45, 7) is 3.22. The minimum atomic E-state index is -0.392. The number of H-pyrrole nitrogens is 1. The SMILES string of the molecule is CCn1c(CCNC(=O)c2ccc3c(c2)C(=O)N(Cc2ccccc2)C3=O)n[nH]c1=S. The van der Waals surface area contributed by atoms with Gasteiger partial charge in [0, 0.05) is 25.1 Å². The number of carbonyl (C=O) groups is 3. The molecule has 1 aromatic heterocycles. The summed E-state index contributed by atoms with van der Waals surface area (Å²) in [5, 5.41) is 9.74. The third kappa shape index (κ3) is 4.04. The highest BCUT2D eigenvalue weighted by Gasteiger charge is 2.35. The van der Waals surface area contributed by atoms with Gasteiger partial charge in [0.15, 0.2) is 4.77 Å². The van der Waals surface area contributed by atoms with Crippen LogP contribution in [0.1, 0.15) is 49.4 Å². The number of hydrogen-bond donors (Lipinski definition) is 2. The van der Waals surface area contributed by atoms with Gasteiger partial charge in [-0.2, -0.15) is 5.10 Å². The molecule has 4 rings (SSSR count). The van der Waals surface area contributed by atoms with Crippen LogP contribution in [0.2, 0.25) is 0 Å². The molecule has 31 heavy (non-hydrogen) atoms. The fourth-order valence-corrected chi connectivity index (χ4v) is 3.88. The van der Waals surface area contributed by atoms with Crippen molar-refractivity contribution in [2.24, 2.45) is 0 Å². The van der Waals surface area contributed by atoms with Gasteiger partial charge < -0.3 is 9.88 Å².